The van der Waals surface area contributed by atoms with Gasteiger partial charge < -0.3 is 14.8 Å². The fourth-order valence-electron chi connectivity index (χ4n) is 3.43. The minimum atomic E-state index is 0.0222. The molecule has 1 N–H and O–H groups in total. The maximum atomic E-state index is 5.98. The van der Waals surface area contributed by atoms with Crippen molar-refractivity contribution in [3.05, 3.63) is 0 Å². The van der Waals surface area contributed by atoms with E-state index in [1.165, 1.54) is 25.7 Å². The maximum absolute atomic E-state index is 5.98. The molecule has 1 aliphatic carbocycles. The summed E-state index contributed by atoms with van der Waals surface area (Å²) in [4.78, 5) is 0. The standard InChI is InChI=1S/C15H31NO2/c1-12-6-9-15(18-5,10-7-12)14(16-3)13(2)8-11-17-4/h12-14,16H,6-11H2,1-5H3. The Morgan fingerprint density at radius 3 is 2.33 bits per heavy atom. The van der Waals surface area contributed by atoms with E-state index in [-0.39, 0.29) is 5.60 Å². The van der Waals surface area contributed by atoms with E-state index < -0.39 is 0 Å². The molecular formula is C15H31NO2. The highest BCUT2D eigenvalue weighted by molar-refractivity contribution is 4.98. The lowest BCUT2D eigenvalue weighted by atomic mass is 9.71. The van der Waals surface area contributed by atoms with Crippen molar-refractivity contribution in [1.82, 2.24) is 5.32 Å². The van der Waals surface area contributed by atoms with Gasteiger partial charge in [0.2, 0.25) is 0 Å². The van der Waals surface area contributed by atoms with Gasteiger partial charge in [0.25, 0.3) is 0 Å². The lowest BCUT2D eigenvalue weighted by Crippen LogP contribution is -2.56. The molecule has 18 heavy (non-hydrogen) atoms. The molecule has 3 nitrogen and oxygen atoms in total. The molecule has 1 saturated carbocycles. The molecule has 0 aromatic rings. The van der Waals surface area contributed by atoms with Gasteiger partial charge in [-0.05, 0) is 51.0 Å². The van der Waals surface area contributed by atoms with Gasteiger partial charge in [-0.15, -0.1) is 0 Å². The molecule has 1 rings (SSSR count). The van der Waals surface area contributed by atoms with Crippen molar-refractivity contribution >= 4 is 0 Å². The van der Waals surface area contributed by atoms with Crippen LogP contribution >= 0.6 is 0 Å². The zero-order valence-electron chi connectivity index (χ0n) is 12.8. The van der Waals surface area contributed by atoms with Crippen LogP contribution in [0.25, 0.3) is 0 Å². The second kappa shape index (κ2) is 7.46. The summed E-state index contributed by atoms with van der Waals surface area (Å²) in [6.07, 6.45) is 6.00. The van der Waals surface area contributed by atoms with Gasteiger partial charge in [-0.2, -0.15) is 0 Å². The fourth-order valence-corrected chi connectivity index (χ4v) is 3.43. The van der Waals surface area contributed by atoms with E-state index in [2.05, 4.69) is 26.2 Å². The lowest BCUT2D eigenvalue weighted by molar-refractivity contribution is -0.0869. The van der Waals surface area contributed by atoms with Crippen molar-refractivity contribution in [1.29, 1.82) is 0 Å². The van der Waals surface area contributed by atoms with Crippen molar-refractivity contribution in [2.45, 2.75) is 57.6 Å². The Morgan fingerprint density at radius 1 is 1.28 bits per heavy atom. The summed E-state index contributed by atoms with van der Waals surface area (Å²) >= 11 is 0. The molecule has 0 spiro atoms. The van der Waals surface area contributed by atoms with Crippen molar-refractivity contribution in [3.8, 4) is 0 Å². The molecule has 0 heterocycles. The summed E-state index contributed by atoms with van der Waals surface area (Å²) in [5, 5.41) is 3.51. The quantitative estimate of drug-likeness (QED) is 0.761. The van der Waals surface area contributed by atoms with Crippen LogP contribution in [0.15, 0.2) is 0 Å². The molecule has 0 aromatic heterocycles. The minimum Gasteiger partial charge on any atom is -0.385 e. The molecule has 0 bridgehead atoms. The number of rotatable bonds is 7. The molecule has 1 fully saturated rings. The number of ether oxygens (including phenoxy) is 2. The van der Waals surface area contributed by atoms with E-state index in [9.17, 15) is 0 Å². The molecule has 0 amide bonds. The highest BCUT2D eigenvalue weighted by Gasteiger charge is 2.42. The maximum Gasteiger partial charge on any atom is 0.0833 e. The average molecular weight is 257 g/mol. The predicted octanol–water partition coefficient (Wildman–Crippen LogP) is 2.84. The Hall–Kier alpha value is -0.120. The molecule has 1 aliphatic rings. The number of hydrogen-bond acceptors (Lipinski definition) is 3. The van der Waals surface area contributed by atoms with Crippen molar-refractivity contribution in [3.63, 3.8) is 0 Å². The zero-order valence-corrected chi connectivity index (χ0v) is 12.8. The average Bonchev–Trinajstić information content (AvgIpc) is 2.39. The van der Waals surface area contributed by atoms with Crippen LogP contribution in [-0.4, -0.2) is 39.5 Å². The third-order valence-corrected chi connectivity index (χ3v) is 4.75. The van der Waals surface area contributed by atoms with Gasteiger partial charge in [-0.25, -0.2) is 0 Å². The van der Waals surface area contributed by atoms with Crippen LogP contribution < -0.4 is 5.32 Å². The summed E-state index contributed by atoms with van der Waals surface area (Å²) in [5.74, 6) is 1.42. The Kier molecular flexibility index (Phi) is 6.61. The van der Waals surface area contributed by atoms with E-state index >= 15 is 0 Å². The molecule has 0 radical (unpaired) electrons. The van der Waals surface area contributed by atoms with Gasteiger partial charge >= 0.3 is 0 Å². The SMILES string of the molecule is CNC(C(C)CCOC)C1(OC)CCC(C)CC1. The smallest absolute Gasteiger partial charge is 0.0833 e. The molecule has 0 aromatic carbocycles. The van der Waals surface area contributed by atoms with Gasteiger partial charge in [-0.3, -0.25) is 0 Å². The van der Waals surface area contributed by atoms with Gasteiger partial charge in [0.05, 0.1) is 5.60 Å². The highest BCUT2D eigenvalue weighted by atomic mass is 16.5. The molecular weight excluding hydrogens is 226 g/mol. The van der Waals surface area contributed by atoms with Crippen molar-refractivity contribution in [2.24, 2.45) is 11.8 Å². The van der Waals surface area contributed by atoms with Crippen molar-refractivity contribution < 1.29 is 9.47 Å². The number of nitrogens with one attached hydrogen (secondary N) is 1. The molecule has 3 heteroatoms. The van der Waals surface area contributed by atoms with Gasteiger partial charge in [-0.1, -0.05) is 13.8 Å². The first-order valence-electron chi connectivity index (χ1n) is 7.31. The van der Waals surface area contributed by atoms with Crippen LogP contribution in [-0.2, 0) is 9.47 Å². The Bertz CT molecular complexity index is 225. The van der Waals surface area contributed by atoms with Crippen LogP contribution in [0.5, 0.6) is 0 Å². The monoisotopic (exact) mass is 257 g/mol. The molecule has 0 saturated heterocycles. The number of likely N-dealkylation sites (N-methyl/N-ethyl adjacent to an activating group) is 1. The first-order valence-corrected chi connectivity index (χ1v) is 7.31. The summed E-state index contributed by atoms with van der Waals surface area (Å²) < 4.78 is 11.2. The number of hydrogen-bond donors (Lipinski definition) is 1. The van der Waals surface area contributed by atoms with Crippen molar-refractivity contribution in [2.75, 3.05) is 27.9 Å². The van der Waals surface area contributed by atoms with E-state index in [4.69, 9.17) is 9.47 Å². The van der Waals surface area contributed by atoms with Crippen LogP contribution in [0.2, 0.25) is 0 Å². The zero-order chi connectivity index (χ0) is 13.6. The minimum absolute atomic E-state index is 0.0222. The van der Waals surface area contributed by atoms with E-state index in [0.29, 0.717) is 12.0 Å². The number of methoxy groups -OCH3 is 2. The largest absolute Gasteiger partial charge is 0.385 e. The lowest BCUT2D eigenvalue weighted by Gasteiger charge is -2.46. The van der Waals surface area contributed by atoms with Crippen LogP contribution in [0, 0.1) is 11.8 Å². The molecule has 2 atom stereocenters. The Morgan fingerprint density at radius 2 is 1.89 bits per heavy atom. The second-order valence-corrected chi connectivity index (χ2v) is 5.98. The van der Waals surface area contributed by atoms with Crippen LogP contribution in [0.1, 0.15) is 46.0 Å². The van der Waals surface area contributed by atoms with E-state index in [1.807, 2.05) is 7.11 Å². The van der Waals surface area contributed by atoms with Gasteiger partial charge in [0.15, 0.2) is 0 Å². The van der Waals surface area contributed by atoms with Gasteiger partial charge in [0.1, 0.15) is 0 Å². The molecule has 108 valence electrons. The first-order chi connectivity index (χ1) is 8.59. The van der Waals surface area contributed by atoms with E-state index in [1.54, 1.807) is 7.11 Å². The first kappa shape index (κ1) is 15.9. The summed E-state index contributed by atoms with van der Waals surface area (Å²) in [6.45, 7) is 5.48. The van der Waals surface area contributed by atoms with Gasteiger partial charge in [0, 0.05) is 26.9 Å². The predicted molar refractivity (Wildman–Crippen MR) is 75.9 cm³/mol. The van der Waals surface area contributed by atoms with E-state index in [0.717, 1.165) is 18.9 Å². The normalized spacial score (nSPS) is 32.2. The topological polar surface area (TPSA) is 30.5 Å². The summed E-state index contributed by atoms with van der Waals surface area (Å²) in [7, 11) is 5.71. The summed E-state index contributed by atoms with van der Waals surface area (Å²) in [6, 6.07) is 0.421. The third kappa shape index (κ3) is 3.69. The molecule has 0 aliphatic heterocycles. The van der Waals surface area contributed by atoms with Crippen LogP contribution in [0.4, 0.5) is 0 Å². The third-order valence-electron chi connectivity index (χ3n) is 4.75. The fraction of sp³-hybridized carbons (Fsp3) is 1.00. The highest BCUT2D eigenvalue weighted by Crippen LogP contribution is 2.39. The molecule has 2 unspecified atom stereocenters. The van der Waals surface area contributed by atoms with Crippen LogP contribution in [0.3, 0.4) is 0 Å². The summed E-state index contributed by atoms with van der Waals surface area (Å²) in [5.41, 5.74) is 0.0222. The Balaban J connectivity index is 2.70. The second-order valence-electron chi connectivity index (χ2n) is 5.98. The Labute approximate surface area is 113 Å².